The Morgan fingerprint density at radius 2 is 1.92 bits per heavy atom. The van der Waals surface area contributed by atoms with Crippen LogP contribution in [0.5, 0.6) is 0 Å². The maximum Gasteiger partial charge on any atom is 0.0804 e. The highest BCUT2D eigenvalue weighted by Gasteiger charge is 2.24. The van der Waals surface area contributed by atoms with Crippen molar-refractivity contribution in [1.82, 2.24) is 19.7 Å². The first-order valence-electron chi connectivity index (χ1n) is 9.22. The fourth-order valence-corrected chi connectivity index (χ4v) is 3.74. The van der Waals surface area contributed by atoms with Crippen LogP contribution in [0.2, 0.25) is 0 Å². The van der Waals surface area contributed by atoms with Gasteiger partial charge in [-0.05, 0) is 48.6 Å². The fraction of sp³-hybridized carbons (Fsp3) is 0.333. The largest absolute Gasteiger partial charge is 0.395 e. The Hall–Kier alpha value is -2.50. The zero-order chi connectivity index (χ0) is 17.8. The number of aromatic nitrogens is 3. The summed E-state index contributed by atoms with van der Waals surface area (Å²) in [5, 5.41) is 14.4. The monoisotopic (exact) mass is 348 g/mol. The van der Waals surface area contributed by atoms with Gasteiger partial charge in [0.15, 0.2) is 0 Å². The van der Waals surface area contributed by atoms with Crippen molar-refractivity contribution in [1.29, 1.82) is 0 Å². The van der Waals surface area contributed by atoms with Crippen molar-refractivity contribution >= 4 is 0 Å². The molecule has 5 nitrogen and oxygen atoms in total. The van der Waals surface area contributed by atoms with E-state index in [9.17, 15) is 5.11 Å². The highest BCUT2D eigenvalue weighted by molar-refractivity contribution is 5.39. The average molecular weight is 348 g/mol. The minimum atomic E-state index is 0.141. The number of pyridine rings is 1. The molecule has 1 aliphatic carbocycles. The molecule has 1 aliphatic rings. The van der Waals surface area contributed by atoms with Crippen LogP contribution in [0.1, 0.15) is 28.9 Å². The van der Waals surface area contributed by atoms with E-state index in [0.29, 0.717) is 6.54 Å². The van der Waals surface area contributed by atoms with E-state index in [1.54, 1.807) is 6.20 Å². The molecule has 3 aromatic rings. The third kappa shape index (κ3) is 3.54. The second-order valence-electron chi connectivity index (χ2n) is 6.77. The number of rotatable bonds is 7. The summed E-state index contributed by atoms with van der Waals surface area (Å²) in [7, 11) is 0. The van der Waals surface area contributed by atoms with Crippen molar-refractivity contribution in [2.75, 3.05) is 13.2 Å². The van der Waals surface area contributed by atoms with E-state index in [2.05, 4.69) is 44.9 Å². The van der Waals surface area contributed by atoms with Crippen LogP contribution in [-0.2, 0) is 25.9 Å². The molecule has 134 valence electrons. The minimum Gasteiger partial charge on any atom is -0.395 e. The van der Waals surface area contributed by atoms with E-state index in [1.165, 1.54) is 17.7 Å². The molecule has 0 bridgehead atoms. The Morgan fingerprint density at radius 1 is 1.04 bits per heavy atom. The summed E-state index contributed by atoms with van der Waals surface area (Å²) in [5.41, 5.74) is 6.15. The van der Waals surface area contributed by atoms with E-state index in [1.807, 2.05) is 18.3 Å². The van der Waals surface area contributed by atoms with Gasteiger partial charge in [-0.25, -0.2) is 4.68 Å². The van der Waals surface area contributed by atoms with Gasteiger partial charge in [-0.15, -0.1) is 0 Å². The summed E-state index contributed by atoms with van der Waals surface area (Å²) in [5.74, 6) is 0. The molecule has 2 heterocycles. The van der Waals surface area contributed by atoms with Gasteiger partial charge in [0.2, 0.25) is 0 Å². The first-order valence-corrected chi connectivity index (χ1v) is 9.22. The van der Waals surface area contributed by atoms with Crippen LogP contribution in [-0.4, -0.2) is 37.9 Å². The van der Waals surface area contributed by atoms with Crippen molar-refractivity contribution in [2.45, 2.75) is 32.4 Å². The molecule has 1 N–H and O–H groups in total. The molecule has 4 rings (SSSR count). The molecule has 0 unspecified atom stereocenters. The summed E-state index contributed by atoms with van der Waals surface area (Å²) in [4.78, 5) is 6.44. The fourth-order valence-electron chi connectivity index (χ4n) is 3.74. The van der Waals surface area contributed by atoms with Gasteiger partial charge in [0.25, 0.3) is 0 Å². The zero-order valence-corrected chi connectivity index (χ0v) is 14.9. The molecule has 0 atom stereocenters. The Labute approximate surface area is 153 Å². The lowest BCUT2D eigenvalue weighted by Gasteiger charge is -2.20. The normalized spacial score (nSPS) is 13.3. The minimum absolute atomic E-state index is 0.141. The van der Waals surface area contributed by atoms with Crippen LogP contribution in [0, 0.1) is 0 Å². The predicted molar refractivity (Wildman–Crippen MR) is 101 cm³/mol. The second kappa shape index (κ2) is 7.81. The molecule has 0 spiro atoms. The predicted octanol–water partition coefficient (Wildman–Crippen LogP) is 2.75. The van der Waals surface area contributed by atoms with Crippen LogP contribution >= 0.6 is 0 Å². The molecule has 0 aliphatic heterocycles. The highest BCUT2D eigenvalue weighted by Crippen LogP contribution is 2.28. The SMILES string of the molecule is OCCN(Cc1cccnc1)Cc1nn(-c2ccccc2)c2c1CCC2. The molecular formula is C21H24N4O. The van der Waals surface area contributed by atoms with Crippen molar-refractivity contribution in [2.24, 2.45) is 0 Å². The van der Waals surface area contributed by atoms with Crippen LogP contribution in [0.4, 0.5) is 0 Å². The molecule has 2 aromatic heterocycles. The van der Waals surface area contributed by atoms with Gasteiger partial charge < -0.3 is 5.11 Å². The molecule has 0 radical (unpaired) electrons. The second-order valence-corrected chi connectivity index (χ2v) is 6.77. The summed E-state index contributed by atoms with van der Waals surface area (Å²) < 4.78 is 2.11. The Balaban J connectivity index is 1.60. The third-order valence-electron chi connectivity index (χ3n) is 4.93. The van der Waals surface area contributed by atoms with Crippen molar-refractivity contribution in [3.8, 4) is 5.69 Å². The first kappa shape index (κ1) is 16.9. The molecule has 5 heteroatoms. The van der Waals surface area contributed by atoms with Crippen molar-refractivity contribution < 1.29 is 5.11 Å². The van der Waals surface area contributed by atoms with Gasteiger partial charge >= 0.3 is 0 Å². The Morgan fingerprint density at radius 3 is 2.69 bits per heavy atom. The van der Waals surface area contributed by atoms with Crippen LogP contribution in [0.3, 0.4) is 0 Å². The number of fused-ring (bicyclic) bond motifs is 1. The number of hydrogen-bond acceptors (Lipinski definition) is 4. The van der Waals surface area contributed by atoms with E-state index in [-0.39, 0.29) is 6.61 Å². The zero-order valence-electron chi connectivity index (χ0n) is 14.9. The molecule has 0 saturated carbocycles. The number of nitrogens with zero attached hydrogens (tertiary/aromatic N) is 4. The van der Waals surface area contributed by atoms with Gasteiger partial charge in [0, 0.05) is 37.7 Å². The molecule has 0 fully saturated rings. The Bertz CT molecular complexity index is 845. The maximum absolute atomic E-state index is 9.49. The topological polar surface area (TPSA) is 54.2 Å². The van der Waals surface area contributed by atoms with Gasteiger partial charge in [-0.2, -0.15) is 5.10 Å². The molecule has 0 saturated heterocycles. The Kier molecular flexibility index (Phi) is 5.09. The van der Waals surface area contributed by atoms with Gasteiger partial charge in [-0.3, -0.25) is 9.88 Å². The lowest BCUT2D eigenvalue weighted by molar-refractivity contribution is 0.182. The lowest BCUT2D eigenvalue weighted by Crippen LogP contribution is -2.26. The summed E-state index contributed by atoms with van der Waals surface area (Å²) >= 11 is 0. The van der Waals surface area contributed by atoms with Crippen molar-refractivity contribution in [3.05, 3.63) is 77.4 Å². The number of aliphatic hydroxyl groups is 1. The molecular weight excluding hydrogens is 324 g/mol. The molecule has 1 aromatic carbocycles. The maximum atomic E-state index is 9.49. The van der Waals surface area contributed by atoms with E-state index >= 15 is 0 Å². The van der Waals surface area contributed by atoms with E-state index in [4.69, 9.17) is 5.10 Å². The van der Waals surface area contributed by atoms with Crippen LogP contribution < -0.4 is 0 Å². The van der Waals surface area contributed by atoms with E-state index < -0.39 is 0 Å². The van der Waals surface area contributed by atoms with Crippen LogP contribution in [0.15, 0.2) is 54.9 Å². The van der Waals surface area contributed by atoms with Crippen LogP contribution in [0.25, 0.3) is 5.69 Å². The van der Waals surface area contributed by atoms with Gasteiger partial charge in [0.05, 0.1) is 18.0 Å². The summed E-state index contributed by atoms with van der Waals surface area (Å²) in [6.07, 6.45) is 7.04. The number of hydrogen-bond donors (Lipinski definition) is 1. The smallest absolute Gasteiger partial charge is 0.0804 e. The number of para-hydroxylation sites is 1. The van der Waals surface area contributed by atoms with E-state index in [0.717, 1.165) is 42.9 Å². The highest BCUT2D eigenvalue weighted by atomic mass is 16.3. The van der Waals surface area contributed by atoms with Gasteiger partial charge in [0.1, 0.15) is 0 Å². The third-order valence-corrected chi connectivity index (χ3v) is 4.93. The quantitative estimate of drug-likeness (QED) is 0.713. The molecule has 26 heavy (non-hydrogen) atoms. The number of benzene rings is 1. The lowest BCUT2D eigenvalue weighted by atomic mass is 10.2. The average Bonchev–Trinajstić information content (AvgIpc) is 3.27. The first-order chi connectivity index (χ1) is 12.8. The molecule has 0 amide bonds. The van der Waals surface area contributed by atoms with Gasteiger partial charge in [-0.1, -0.05) is 24.3 Å². The number of aliphatic hydroxyl groups excluding tert-OH is 1. The van der Waals surface area contributed by atoms with Crippen molar-refractivity contribution in [3.63, 3.8) is 0 Å². The standard InChI is InChI=1S/C21H24N4O/c26-13-12-24(15-17-6-5-11-22-14-17)16-20-19-9-4-10-21(19)25(23-20)18-7-2-1-3-8-18/h1-3,5-8,11,14,26H,4,9-10,12-13,15-16H2. The summed E-state index contributed by atoms with van der Waals surface area (Å²) in [6, 6.07) is 14.4. The summed E-state index contributed by atoms with van der Waals surface area (Å²) in [6.45, 7) is 2.28.